The molecule has 0 saturated carbocycles. The van der Waals surface area contributed by atoms with Gasteiger partial charge in [-0.05, 0) is 43.0 Å². The zero-order valence-electron chi connectivity index (χ0n) is 17.2. The van der Waals surface area contributed by atoms with E-state index >= 15 is 0 Å². The molecule has 0 amide bonds. The monoisotopic (exact) mass is 397 g/mol. The fraction of sp³-hybridized carbons (Fsp3) is 0.571. The van der Waals surface area contributed by atoms with Crippen molar-refractivity contribution in [2.24, 2.45) is 5.92 Å². The molecule has 2 aromatic rings. The van der Waals surface area contributed by atoms with Crippen LogP contribution < -0.4 is 15.5 Å². The minimum absolute atomic E-state index is 0.544. The van der Waals surface area contributed by atoms with Crippen molar-refractivity contribution in [2.75, 3.05) is 68.0 Å². The number of ether oxygens (including phenoxy) is 1. The number of rotatable bonds is 7. The molecule has 2 aliphatic rings. The first-order valence-electron chi connectivity index (χ1n) is 10.6. The van der Waals surface area contributed by atoms with E-state index in [9.17, 15) is 0 Å². The third-order valence-electron chi connectivity index (χ3n) is 5.66. The van der Waals surface area contributed by atoms with Gasteiger partial charge < -0.3 is 20.3 Å². The van der Waals surface area contributed by atoms with Crippen molar-refractivity contribution in [1.82, 2.24) is 20.1 Å². The lowest BCUT2D eigenvalue weighted by atomic mass is 9.99. The summed E-state index contributed by atoms with van der Waals surface area (Å²) in [4.78, 5) is 9.36. The van der Waals surface area contributed by atoms with Crippen molar-refractivity contribution >= 4 is 23.1 Å². The van der Waals surface area contributed by atoms with Gasteiger partial charge in [-0.3, -0.25) is 4.90 Å². The van der Waals surface area contributed by atoms with Gasteiger partial charge in [0.15, 0.2) is 5.82 Å². The number of benzene rings is 1. The molecule has 0 spiro atoms. The Balaban J connectivity index is 1.28. The second kappa shape index (κ2) is 9.84. The minimum Gasteiger partial charge on any atom is -0.379 e. The van der Waals surface area contributed by atoms with E-state index in [1.54, 1.807) is 6.20 Å². The molecule has 2 fully saturated rings. The molecule has 3 heterocycles. The van der Waals surface area contributed by atoms with Crippen molar-refractivity contribution in [3.8, 4) is 0 Å². The summed E-state index contributed by atoms with van der Waals surface area (Å²) >= 11 is 0. The largest absolute Gasteiger partial charge is 0.379 e. The average molecular weight is 398 g/mol. The summed E-state index contributed by atoms with van der Waals surface area (Å²) in [7, 11) is 0. The standard InChI is InChI=1S/C21H31N7O/c1-17-6-9-28(10-7-17)19-4-2-18(3-5-19)24-20-16-23-26-21(25-20)22-8-11-27-12-14-29-15-13-27/h2-5,16-17H,6-15H2,1H3,(H2,22,24,25,26). The van der Waals surface area contributed by atoms with Crippen LogP contribution in [0.15, 0.2) is 30.5 Å². The molecule has 156 valence electrons. The topological polar surface area (TPSA) is 78.4 Å². The average Bonchev–Trinajstić information content (AvgIpc) is 2.76. The molecule has 8 heteroatoms. The first kappa shape index (κ1) is 19.8. The number of morpholine rings is 1. The predicted molar refractivity (Wildman–Crippen MR) is 116 cm³/mol. The summed E-state index contributed by atoms with van der Waals surface area (Å²) in [5.41, 5.74) is 2.28. The Bertz CT molecular complexity index is 756. The summed E-state index contributed by atoms with van der Waals surface area (Å²) in [5.74, 6) is 2.07. The van der Waals surface area contributed by atoms with E-state index in [0.29, 0.717) is 11.8 Å². The molecule has 0 aliphatic carbocycles. The van der Waals surface area contributed by atoms with Gasteiger partial charge in [-0.15, -0.1) is 5.10 Å². The van der Waals surface area contributed by atoms with Gasteiger partial charge in [0.05, 0.1) is 19.4 Å². The maximum atomic E-state index is 5.37. The normalized spacial score (nSPS) is 18.6. The molecule has 4 rings (SSSR count). The molecule has 8 nitrogen and oxygen atoms in total. The molecule has 1 aromatic heterocycles. The zero-order chi connectivity index (χ0) is 19.9. The van der Waals surface area contributed by atoms with Crippen molar-refractivity contribution in [3.63, 3.8) is 0 Å². The maximum absolute atomic E-state index is 5.37. The minimum atomic E-state index is 0.544. The highest BCUT2D eigenvalue weighted by Crippen LogP contribution is 2.25. The van der Waals surface area contributed by atoms with Crippen LogP contribution in [0.4, 0.5) is 23.1 Å². The van der Waals surface area contributed by atoms with Crippen LogP contribution in [0, 0.1) is 5.92 Å². The van der Waals surface area contributed by atoms with Gasteiger partial charge >= 0.3 is 0 Å². The lowest BCUT2D eigenvalue weighted by molar-refractivity contribution is 0.0398. The molecule has 0 unspecified atom stereocenters. The molecule has 0 bridgehead atoms. The Kier molecular flexibility index (Phi) is 6.74. The second-order valence-electron chi connectivity index (χ2n) is 7.89. The number of piperidine rings is 1. The lowest BCUT2D eigenvalue weighted by Crippen LogP contribution is -2.39. The summed E-state index contributed by atoms with van der Waals surface area (Å²) in [6, 6.07) is 8.55. The Morgan fingerprint density at radius 1 is 1.07 bits per heavy atom. The SMILES string of the molecule is CC1CCN(c2ccc(Nc3cnnc(NCCN4CCOCC4)n3)cc2)CC1. The van der Waals surface area contributed by atoms with Crippen LogP contribution in [0.1, 0.15) is 19.8 Å². The predicted octanol–water partition coefficient (Wildman–Crippen LogP) is 2.60. The summed E-state index contributed by atoms with van der Waals surface area (Å²) in [5, 5.41) is 14.7. The van der Waals surface area contributed by atoms with Gasteiger partial charge in [-0.2, -0.15) is 10.1 Å². The van der Waals surface area contributed by atoms with Gasteiger partial charge in [-0.1, -0.05) is 6.92 Å². The second-order valence-corrected chi connectivity index (χ2v) is 7.89. The van der Waals surface area contributed by atoms with Crippen LogP contribution in [0.5, 0.6) is 0 Å². The van der Waals surface area contributed by atoms with E-state index in [4.69, 9.17) is 4.74 Å². The highest BCUT2D eigenvalue weighted by atomic mass is 16.5. The summed E-state index contributed by atoms with van der Waals surface area (Å²) in [6.45, 7) is 9.94. The molecular weight excluding hydrogens is 366 g/mol. The smallest absolute Gasteiger partial charge is 0.244 e. The van der Waals surface area contributed by atoms with Gasteiger partial charge in [0.1, 0.15) is 0 Å². The van der Waals surface area contributed by atoms with E-state index in [2.05, 4.69) is 66.8 Å². The molecule has 29 heavy (non-hydrogen) atoms. The van der Waals surface area contributed by atoms with Gasteiger partial charge in [0, 0.05) is 50.6 Å². The molecule has 2 aliphatic heterocycles. The molecule has 0 radical (unpaired) electrons. The van der Waals surface area contributed by atoms with E-state index < -0.39 is 0 Å². The van der Waals surface area contributed by atoms with Crippen LogP contribution >= 0.6 is 0 Å². The van der Waals surface area contributed by atoms with Crippen LogP contribution in [-0.2, 0) is 4.74 Å². The van der Waals surface area contributed by atoms with E-state index in [0.717, 1.165) is 64.1 Å². The van der Waals surface area contributed by atoms with Crippen molar-refractivity contribution in [2.45, 2.75) is 19.8 Å². The third-order valence-corrected chi connectivity index (χ3v) is 5.66. The van der Waals surface area contributed by atoms with Crippen molar-refractivity contribution < 1.29 is 4.74 Å². The molecule has 1 aromatic carbocycles. The van der Waals surface area contributed by atoms with Gasteiger partial charge in [0.2, 0.25) is 5.95 Å². The Hall–Kier alpha value is -2.45. The Morgan fingerprint density at radius 2 is 1.83 bits per heavy atom. The number of nitrogens with one attached hydrogen (secondary N) is 2. The molecule has 2 saturated heterocycles. The fourth-order valence-corrected chi connectivity index (χ4v) is 3.76. The summed E-state index contributed by atoms with van der Waals surface area (Å²) < 4.78 is 5.37. The number of hydrogen-bond donors (Lipinski definition) is 2. The van der Waals surface area contributed by atoms with Gasteiger partial charge in [-0.25, -0.2) is 0 Å². The number of anilines is 4. The van der Waals surface area contributed by atoms with Crippen LogP contribution in [0.25, 0.3) is 0 Å². The Morgan fingerprint density at radius 3 is 2.59 bits per heavy atom. The Labute approximate surface area is 172 Å². The van der Waals surface area contributed by atoms with Crippen molar-refractivity contribution in [3.05, 3.63) is 30.5 Å². The van der Waals surface area contributed by atoms with E-state index in [1.165, 1.54) is 18.5 Å². The number of aromatic nitrogens is 3. The number of nitrogens with zero attached hydrogens (tertiary/aromatic N) is 5. The molecular formula is C21H31N7O. The third kappa shape index (κ3) is 5.77. The highest BCUT2D eigenvalue weighted by Gasteiger charge is 2.16. The quantitative estimate of drug-likeness (QED) is 0.738. The highest BCUT2D eigenvalue weighted by molar-refractivity contribution is 5.60. The summed E-state index contributed by atoms with van der Waals surface area (Å²) in [6.07, 6.45) is 4.19. The fourth-order valence-electron chi connectivity index (χ4n) is 3.76. The molecule has 2 N–H and O–H groups in total. The maximum Gasteiger partial charge on any atom is 0.244 e. The zero-order valence-corrected chi connectivity index (χ0v) is 17.2. The van der Waals surface area contributed by atoms with E-state index in [1.807, 2.05) is 0 Å². The lowest BCUT2D eigenvalue weighted by Gasteiger charge is -2.32. The first-order valence-corrected chi connectivity index (χ1v) is 10.6. The van der Waals surface area contributed by atoms with Crippen LogP contribution in [0.2, 0.25) is 0 Å². The van der Waals surface area contributed by atoms with Crippen molar-refractivity contribution in [1.29, 1.82) is 0 Å². The van der Waals surface area contributed by atoms with Crippen LogP contribution in [-0.4, -0.2) is 72.6 Å². The van der Waals surface area contributed by atoms with Gasteiger partial charge in [0.25, 0.3) is 0 Å². The van der Waals surface area contributed by atoms with Crippen LogP contribution in [0.3, 0.4) is 0 Å². The first-order chi connectivity index (χ1) is 14.3. The molecule has 0 atom stereocenters. The van der Waals surface area contributed by atoms with E-state index in [-0.39, 0.29) is 0 Å². The number of hydrogen-bond acceptors (Lipinski definition) is 8.